The van der Waals surface area contributed by atoms with Crippen LogP contribution in [0, 0.1) is 13.8 Å². The predicted octanol–water partition coefficient (Wildman–Crippen LogP) is 1.94. The predicted molar refractivity (Wildman–Crippen MR) is 61.5 cm³/mol. The van der Waals surface area contributed by atoms with Crippen molar-refractivity contribution >= 4 is 0 Å². The van der Waals surface area contributed by atoms with E-state index >= 15 is 0 Å². The summed E-state index contributed by atoms with van der Waals surface area (Å²) in [4.78, 5) is 8.51. The van der Waals surface area contributed by atoms with Gasteiger partial charge in [-0.05, 0) is 38.5 Å². The molecule has 1 atom stereocenters. The van der Waals surface area contributed by atoms with Crippen LogP contribution >= 0.6 is 0 Å². The van der Waals surface area contributed by atoms with E-state index in [1.54, 1.807) is 19.4 Å². The van der Waals surface area contributed by atoms with Gasteiger partial charge in [-0.25, -0.2) is 9.97 Å². The van der Waals surface area contributed by atoms with Crippen LogP contribution in [-0.2, 0) is 0 Å². The molecule has 0 fully saturated rings. The molecule has 0 radical (unpaired) electrons. The largest absolute Gasteiger partial charge is 0.389 e. The van der Waals surface area contributed by atoms with E-state index in [1.165, 1.54) is 0 Å². The number of rotatable bonds is 2. The van der Waals surface area contributed by atoms with Gasteiger partial charge < -0.3 is 5.11 Å². The van der Waals surface area contributed by atoms with Crippen molar-refractivity contribution in [3.8, 4) is 5.82 Å². The molecule has 16 heavy (non-hydrogen) atoms. The van der Waals surface area contributed by atoms with Gasteiger partial charge in [-0.15, -0.1) is 0 Å². The van der Waals surface area contributed by atoms with Gasteiger partial charge in [-0.2, -0.15) is 0 Å². The molecule has 0 aromatic carbocycles. The molecule has 0 saturated carbocycles. The molecule has 0 spiro atoms. The average molecular weight is 217 g/mol. The summed E-state index contributed by atoms with van der Waals surface area (Å²) in [5.74, 6) is 0.788. The van der Waals surface area contributed by atoms with Crippen molar-refractivity contribution in [1.82, 2.24) is 14.5 Å². The Morgan fingerprint density at radius 2 is 2.06 bits per heavy atom. The maximum Gasteiger partial charge on any atom is 0.138 e. The number of aromatic nitrogens is 3. The van der Waals surface area contributed by atoms with Gasteiger partial charge in [0.1, 0.15) is 12.1 Å². The van der Waals surface area contributed by atoms with Crippen LogP contribution in [0.15, 0.2) is 24.7 Å². The van der Waals surface area contributed by atoms with E-state index in [9.17, 15) is 5.11 Å². The topological polar surface area (TPSA) is 50.9 Å². The Morgan fingerprint density at radius 3 is 2.62 bits per heavy atom. The van der Waals surface area contributed by atoms with E-state index in [0.29, 0.717) is 0 Å². The molecule has 0 unspecified atom stereocenters. The monoisotopic (exact) mass is 217 g/mol. The molecule has 0 aliphatic heterocycles. The van der Waals surface area contributed by atoms with Gasteiger partial charge in [0, 0.05) is 11.9 Å². The number of hydrogen-bond donors (Lipinski definition) is 1. The third-order valence-corrected chi connectivity index (χ3v) is 2.75. The molecule has 2 heterocycles. The lowest BCUT2D eigenvalue weighted by atomic mass is 10.2. The first kappa shape index (κ1) is 10.8. The highest BCUT2D eigenvalue weighted by molar-refractivity contribution is 5.32. The number of aliphatic hydroxyl groups is 1. The normalized spacial score (nSPS) is 12.8. The van der Waals surface area contributed by atoms with Gasteiger partial charge in [0.15, 0.2) is 0 Å². The molecule has 1 N–H and O–H groups in total. The Hall–Kier alpha value is -1.68. The Bertz CT molecular complexity index is 503. The van der Waals surface area contributed by atoms with Crippen molar-refractivity contribution in [2.75, 3.05) is 0 Å². The van der Waals surface area contributed by atoms with Crippen molar-refractivity contribution in [3.05, 3.63) is 41.6 Å². The Balaban J connectivity index is 2.48. The van der Waals surface area contributed by atoms with E-state index in [1.807, 2.05) is 30.5 Å². The van der Waals surface area contributed by atoms with Gasteiger partial charge >= 0.3 is 0 Å². The summed E-state index contributed by atoms with van der Waals surface area (Å²) in [6, 6.07) is 3.69. The first-order valence-corrected chi connectivity index (χ1v) is 5.24. The summed E-state index contributed by atoms with van der Waals surface area (Å²) in [7, 11) is 0. The number of aliphatic hydroxyl groups excluding tert-OH is 1. The number of imidazole rings is 1. The summed E-state index contributed by atoms with van der Waals surface area (Å²) in [5, 5.41) is 9.52. The minimum Gasteiger partial charge on any atom is -0.389 e. The fraction of sp³-hybridized carbons (Fsp3) is 0.333. The first-order chi connectivity index (χ1) is 7.59. The molecule has 2 aromatic rings. The highest BCUT2D eigenvalue weighted by Gasteiger charge is 2.07. The molecule has 0 amide bonds. The number of hydrogen-bond acceptors (Lipinski definition) is 3. The molecular weight excluding hydrogens is 202 g/mol. The van der Waals surface area contributed by atoms with Gasteiger partial charge in [0.05, 0.1) is 11.8 Å². The molecule has 2 aromatic heterocycles. The Labute approximate surface area is 94.6 Å². The van der Waals surface area contributed by atoms with E-state index < -0.39 is 6.10 Å². The Kier molecular flexibility index (Phi) is 2.75. The quantitative estimate of drug-likeness (QED) is 0.836. The van der Waals surface area contributed by atoms with Crippen LogP contribution in [0.2, 0.25) is 0 Å². The lowest BCUT2D eigenvalue weighted by Crippen LogP contribution is -2.01. The van der Waals surface area contributed by atoms with Crippen molar-refractivity contribution in [3.63, 3.8) is 0 Å². The lowest BCUT2D eigenvalue weighted by molar-refractivity contribution is 0.199. The third kappa shape index (κ3) is 1.84. The highest BCUT2D eigenvalue weighted by atomic mass is 16.3. The Morgan fingerprint density at radius 1 is 1.31 bits per heavy atom. The van der Waals surface area contributed by atoms with Crippen molar-refractivity contribution in [2.45, 2.75) is 26.9 Å². The highest BCUT2D eigenvalue weighted by Crippen LogP contribution is 2.16. The van der Waals surface area contributed by atoms with Crippen LogP contribution in [0.4, 0.5) is 0 Å². The molecule has 0 saturated heterocycles. The van der Waals surface area contributed by atoms with Crippen LogP contribution in [-0.4, -0.2) is 19.6 Å². The second-order valence-electron chi connectivity index (χ2n) is 3.91. The maximum absolute atomic E-state index is 9.52. The molecule has 2 rings (SSSR count). The zero-order valence-electron chi connectivity index (χ0n) is 9.68. The standard InChI is InChI=1S/C12H15N3O/c1-8-9(2)15(7-14-8)12-6-11(10(3)16)4-5-13-12/h4-7,10,16H,1-3H3/t10-/m1/s1. The summed E-state index contributed by atoms with van der Waals surface area (Å²) >= 11 is 0. The van der Waals surface area contributed by atoms with E-state index in [2.05, 4.69) is 9.97 Å². The number of nitrogens with zero attached hydrogens (tertiary/aromatic N) is 3. The minimum absolute atomic E-state index is 0.480. The molecular formula is C12H15N3O. The van der Waals surface area contributed by atoms with Crippen LogP contribution < -0.4 is 0 Å². The fourth-order valence-corrected chi connectivity index (χ4v) is 1.56. The van der Waals surface area contributed by atoms with E-state index in [4.69, 9.17) is 0 Å². The zero-order chi connectivity index (χ0) is 11.7. The molecule has 84 valence electrons. The number of pyridine rings is 1. The summed E-state index contributed by atoms with van der Waals surface area (Å²) in [6.45, 7) is 5.70. The minimum atomic E-state index is -0.480. The average Bonchev–Trinajstić information content (AvgIpc) is 2.60. The van der Waals surface area contributed by atoms with Crippen LogP contribution in [0.3, 0.4) is 0 Å². The van der Waals surface area contributed by atoms with Crippen molar-refractivity contribution < 1.29 is 5.11 Å². The van der Waals surface area contributed by atoms with Gasteiger partial charge in [0.25, 0.3) is 0 Å². The van der Waals surface area contributed by atoms with Crippen LogP contribution in [0.25, 0.3) is 5.82 Å². The van der Waals surface area contributed by atoms with Gasteiger partial charge in [0.2, 0.25) is 0 Å². The summed E-state index contributed by atoms with van der Waals surface area (Å²) < 4.78 is 1.92. The maximum atomic E-state index is 9.52. The van der Waals surface area contributed by atoms with Crippen LogP contribution in [0.5, 0.6) is 0 Å². The third-order valence-electron chi connectivity index (χ3n) is 2.75. The summed E-state index contributed by atoms with van der Waals surface area (Å²) in [6.07, 6.45) is 2.97. The first-order valence-electron chi connectivity index (χ1n) is 5.24. The zero-order valence-corrected chi connectivity index (χ0v) is 9.68. The molecule has 4 heteroatoms. The van der Waals surface area contributed by atoms with Crippen LogP contribution in [0.1, 0.15) is 30.0 Å². The van der Waals surface area contributed by atoms with Crippen molar-refractivity contribution in [1.29, 1.82) is 0 Å². The number of aryl methyl sites for hydroxylation is 1. The molecule has 0 bridgehead atoms. The van der Waals surface area contributed by atoms with Crippen molar-refractivity contribution in [2.24, 2.45) is 0 Å². The molecule has 0 aliphatic rings. The van der Waals surface area contributed by atoms with Gasteiger partial charge in [-0.1, -0.05) is 0 Å². The molecule has 0 aliphatic carbocycles. The van der Waals surface area contributed by atoms with Gasteiger partial charge in [-0.3, -0.25) is 4.57 Å². The fourth-order valence-electron chi connectivity index (χ4n) is 1.56. The second-order valence-corrected chi connectivity index (χ2v) is 3.91. The lowest BCUT2D eigenvalue weighted by Gasteiger charge is -2.08. The molecule has 4 nitrogen and oxygen atoms in total. The smallest absolute Gasteiger partial charge is 0.138 e. The second kappa shape index (κ2) is 4.06. The van der Waals surface area contributed by atoms with E-state index in [-0.39, 0.29) is 0 Å². The summed E-state index contributed by atoms with van der Waals surface area (Å²) in [5.41, 5.74) is 2.91. The SMILES string of the molecule is Cc1ncn(-c2cc([C@@H](C)O)ccn2)c1C. The van der Waals surface area contributed by atoms with E-state index in [0.717, 1.165) is 22.8 Å².